The van der Waals surface area contributed by atoms with Crippen molar-refractivity contribution in [2.75, 3.05) is 26.3 Å². The number of nitrogens with zero attached hydrogens (tertiary/aromatic N) is 3. The zero-order chi connectivity index (χ0) is 12.5. The van der Waals surface area contributed by atoms with Crippen molar-refractivity contribution in [1.82, 2.24) is 14.5 Å². The Kier molecular flexibility index (Phi) is 3.04. The third-order valence-corrected chi connectivity index (χ3v) is 3.83. The normalized spacial score (nSPS) is 20.9. The maximum atomic E-state index is 12.4. The molecule has 0 radical (unpaired) electrons. The third-order valence-electron chi connectivity index (χ3n) is 3.83. The number of halogens is 1. The highest BCUT2D eigenvalue weighted by atomic mass is 19.1. The summed E-state index contributed by atoms with van der Waals surface area (Å²) in [4.78, 5) is 6.68. The molecule has 4 heteroatoms. The van der Waals surface area contributed by atoms with Gasteiger partial charge in [-0.3, -0.25) is 4.90 Å². The van der Waals surface area contributed by atoms with Gasteiger partial charge >= 0.3 is 0 Å². The van der Waals surface area contributed by atoms with E-state index in [0.29, 0.717) is 12.6 Å². The van der Waals surface area contributed by atoms with Crippen LogP contribution in [0, 0.1) is 6.92 Å². The molecular weight excluding hydrogens is 229 g/mol. The topological polar surface area (TPSA) is 21.1 Å². The van der Waals surface area contributed by atoms with Crippen molar-refractivity contribution in [3.8, 4) is 0 Å². The number of aryl methyl sites for hydroxylation is 1. The van der Waals surface area contributed by atoms with Gasteiger partial charge in [0.1, 0.15) is 12.3 Å². The summed E-state index contributed by atoms with van der Waals surface area (Å²) >= 11 is 0. The third kappa shape index (κ3) is 1.90. The number of hydrogen-bond donors (Lipinski definition) is 0. The molecule has 0 spiro atoms. The first kappa shape index (κ1) is 11.7. The molecule has 0 aromatic carbocycles. The van der Waals surface area contributed by atoms with Crippen LogP contribution in [0.1, 0.15) is 18.0 Å². The van der Waals surface area contributed by atoms with Crippen LogP contribution in [-0.4, -0.2) is 40.8 Å². The van der Waals surface area contributed by atoms with Gasteiger partial charge in [0.2, 0.25) is 0 Å². The number of hydrogen-bond acceptors (Lipinski definition) is 2. The van der Waals surface area contributed by atoms with Crippen molar-refractivity contribution in [1.29, 1.82) is 0 Å². The molecule has 3 nitrogen and oxygen atoms in total. The molecule has 1 fully saturated rings. The van der Waals surface area contributed by atoms with Gasteiger partial charge in [0.05, 0.1) is 0 Å². The molecule has 1 unspecified atom stereocenters. The maximum absolute atomic E-state index is 12.4. The molecule has 1 saturated heterocycles. The Bertz CT molecular complexity index is 549. The fourth-order valence-corrected chi connectivity index (χ4v) is 2.89. The minimum Gasteiger partial charge on any atom is -0.328 e. The second-order valence-corrected chi connectivity index (χ2v) is 5.03. The van der Waals surface area contributed by atoms with Gasteiger partial charge in [0.25, 0.3) is 0 Å². The largest absolute Gasteiger partial charge is 0.328 e. The highest BCUT2D eigenvalue weighted by Gasteiger charge is 2.25. The first-order chi connectivity index (χ1) is 8.79. The highest BCUT2D eigenvalue weighted by molar-refractivity contribution is 5.80. The standard InChI is InChI=1S/C14H18FN3/c1-11-9-18(14-13(11)3-2-6-16-14)12-4-7-17(10-12)8-5-15/h2-3,6,9,12H,4-5,7-8,10H2,1H3. The van der Waals surface area contributed by atoms with E-state index < -0.39 is 0 Å². The monoisotopic (exact) mass is 247 g/mol. The lowest BCUT2D eigenvalue weighted by Gasteiger charge is -2.15. The quantitative estimate of drug-likeness (QED) is 0.831. The second kappa shape index (κ2) is 4.69. The van der Waals surface area contributed by atoms with Crippen LogP contribution in [0.3, 0.4) is 0 Å². The van der Waals surface area contributed by atoms with Crippen molar-refractivity contribution in [2.45, 2.75) is 19.4 Å². The van der Waals surface area contributed by atoms with Crippen molar-refractivity contribution < 1.29 is 4.39 Å². The van der Waals surface area contributed by atoms with Gasteiger partial charge in [-0.05, 0) is 31.0 Å². The molecule has 3 rings (SSSR count). The Hall–Kier alpha value is -1.42. The Morgan fingerprint density at radius 3 is 3.22 bits per heavy atom. The van der Waals surface area contributed by atoms with Gasteiger partial charge in [-0.15, -0.1) is 0 Å². The van der Waals surface area contributed by atoms with Crippen LogP contribution in [0.5, 0.6) is 0 Å². The molecule has 0 bridgehead atoms. The van der Waals surface area contributed by atoms with E-state index in [1.165, 1.54) is 10.9 Å². The smallest absolute Gasteiger partial charge is 0.140 e. The lowest BCUT2D eigenvalue weighted by Crippen LogP contribution is -2.23. The van der Waals surface area contributed by atoms with Crippen LogP contribution in [0.4, 0.5) is 4.39 Å². The molecule has 1 aliphatic heterocycles. The summed E-state index contributed by atoms with van der Waals surface area (Å²) in [6, 6.07) is 4.52. The molecule has 3 heterocycles. The molecule has 0 saturated carbocycles. The van der Waals surface area contributed by atoms with E-state index in [-0.39, 0.29) is 6.67 Å². The summed E-state index contributed by atoms with van der Waals surface area (Å²) in [5.41, 5.74) is 2.32. The number of alkyl halides is 1. The van der Waals surface area contributed by atoms with Crippen LogP contribution < -0.4 is 0 Å². The number of fused-ring (bicyclic) bond motifs is 1. The fraction of sp³-hybridized carbons (Fsp3) is 0.500. The number of likely N-dealkylation sites (tertiary alicyclic amines) is 1. The molecule has 0 aliphatic carbocycles. The van der Waals surface area contributed by atoms with Gasteiger partial charge in [0, 0.05) is 43.5 Å². The van der Waals surface area contributed by atoms with Gasteiger partial charge < -0.3 is 4.57 Å². The average molecular weight is 247 g/mol. The van der Waals surface area contributed by atoms with Crippen LogP contribution in [-0.2, 0) is 0 Å². The lowest BCUT2D eigenvalue weighted by molar-refractivity contribution is 0.288. The van der Waals surface area contributed by atoms with Crippen molar-refractivity contribution in [3.05, 3.63) is 30.1 Å². The Labute approximate surface area is 106 Å². The lowest BCUT2D eigenvalue weighted by atomic mass is 10.2. The summed E-state index contributed by atoms with van der Waals surface area (Å²) in [5.74, 6) is 0. The summed E-state index contributed by atoms with van der Waals surface area (Å²) < 4.78 is 14.6. The predicted octanol–water partition coefficient (Wildman–Crippen LogP) is 2.56. The van der Waals surface area contributed by atoms with E-state index in [1.807, 2.05) is 12.3 Å². The molecule has 2 aromatic heterocycles. The zero-order valence-corrected chi connectivity index (χ0v) is 10.6. The van der Waals surface area contributed by atoms with E-state index in [9.17, 15) is 4.39 Å². The predicted molar refractivity (Wildman–Crippen MR) is 70.5 cm³/mol. The SMILES string of the molecule is Cc1cn(C2CCN(CCF)C2)c2ncccc12. The van der Waals surface area contributed by atoms with E-state index in [1.54, 1.807) is 0 Å². The first-order valence-corrected chi connectivity index (χ1v) is 6.50. The molecule has 1 aliphatic rings. The number of rotatable bonds is 3. The van der Waals surface area contributed by atoms with Gasteiger partial charge in [0.15, 0.2) is 0 Å². The second-order valence-electron chi connectivity index (χ2n) is 5.03. The Morgan fingerprint density at radius 2 is 2.39 bits per heavy atom. The average Bonchev–Trinajstić information content (AvgIpc) is 2.96. The summed E-state index contributed by atoms with van der Waals surface area (Å²) in [5, 5.41) is 1.22. The Morgan fingerprint density at radius 1 is 1.50 bits per heavy atom. The van der Waals surface area contributed by atoms with Gasteiger partial charge in [-0.1, -0.05) is 0 Å². The van der Waals surface area contributed by atoms with Crippen LogP contribution in [0.25, 0.3) is 11.0 Å². The van der Waals surface area contributed by atoms with E-state index in [4.69, 9.17) is 0 Å². The molecule has 1 atom stereocenters. The molecule has 0 N–H and O–H groups in total. The minimum atomic E-state index is -0.254. The molecule has 0 amide bonds. The van der Waals surface area contributed by atoms with E-state index in [0.717, 1.165) is 25.2 Å². The van der Waals surface area contributed by atoms with Crippen molar-refractivity contribution in [2.24, 2.45) is 0 Å². The molecule has 18 heavy (non-hydrogen) atoms. The summed E-state index contributed by atoms with van der Waals surface area (Å²) in [7, 11) is 0. The first-order valence-electron chi connectivity index (χ1n) is 6.50. The summed E-state index contributed by atoms with van der Waals surface area (Å²) in [6.07, 6.45) is 5.10. The fourth-order valence-electron chi connectivity index (χ4n) is 2.89. The molecule has 2 aromatic rings. The number of aromatic nitrogens is 2. The summed E-state index contributed by atoms with van der Waals surface area (Å²) in [6.45, 7) is 4.34. The van der Waals surface area contributed by atoms with Gasteiger partial charge in [-0.25, -0.2) is 9.37 Å². The zero-order valence-electron chi connectivity index (χ0n) is 10.6. The van der Waals surface area contributed by atoms with Crippen molar-refractivity contribution >= 4 is 11.0 Å². The van der Waals surface area contributed by atoms with Crippen molar-refractivity contribution in [3.63, 3.8) is 0 Å². The van der Waals surface area contributed by atoms with E-state index in [2.05, 4.69) is 33.6 Å². The maximum Gasteiger partial charge on any atom is 0.140 e. The Balaban J connectivity index is 1.91. The highest BCUT2D eigenvalue weighted by Crippen LogP contribution is 2.27. The van der Waals surface area contributed by atoms with E-state index >= 15 is 0 Å². The van der Waals surface area contributed by atoms with Crippen LogP contribution in [0.2, 0.25) is 0 Å². The number of pyridine rings is 1. The van der Waals surface area contributed by atoms with Crippen LogP contribution in [0.15, 0.2) is 24.5 Å². The van der Waals surface area contributed by atoms with Crippen LogP contribution >= 0.6 is 0 Å². The van der Waals surface area contributed by atoms with Gasteiger partial charge in [-0.2, -0.15) is 0 Å². The molecule has 96 valence electrons. The minimum absolute atomic E-state index is 0.254. The molecular formula is C14H18FN3.